The summed E-state index contributed by atoms with van der Waals surface area (Å²) in [6.07, 6.45) is 5.55. The van der Waals surface area contributed by atoms with Crippen molar-refractivity contribution < 1.29 is 19.1 Å². The fourth-order valence-corrected chi connectivity index (χ4v) is 2.18. The van der Waals surface area contributed by atoms with E-state index >= 15 is 0 Å². The van der Waals surface area contributed by atoms with E-state index < -0.39 is 12.1 Å². The minimum absolute atomic E-state index is 0.0214. The Labute approximate surface area is 135 Å². The van der Waals surface area contributed by atoms with Crippen LogP contribution in [0.3, 0.4) is 0 Å². The molecule has 0 aromatic carbocycles. The Bertz CT molecular complexity index is 318. The molecule has 0 aliphatic rings. The number of hydrogen-bond donors (Lipinski definition) is 0. The molecule has 0 saturated heterocycles. The molecule has 0 bridgehead atoms. The smallest absolute Gasteiger partial charge is 0.410 e. The summed E-state index contributed by atoms with van der Waals surface area (Å²) in [5, 5.41) is 0. The van der Waals surface area contributed by atoms with Gasteiger partial charge in [0, 0.05) is 7.05 Å². The van der Waals surface area contributed by atoms with Gasteiger partial charge in [-0.1, -0.05) is 53.4 Å². The van der Waals surface area contributed by atoms with Gasteiger partial charge in [-0.25, -0.2) is 9.59 Å². The molecule has 1 amide bonds. The highest BCUT2D eigenvalue weighted by molar-refractivity contribution is 5.81. The van der Waals surface area contributed by atoms with Crippen molar-refractivity contribution in [2.45, 2.75) is 72.3 Å². The molecule has 0 aliphatic heterocycles. The zero-order chi connectivity index (χ0) is 17.0. The lowest BCUT2D eigenvalue weighted by molar-refractivity contribution is -0.150. The highest BCUT2D eigenvalue weighted by atomic mass is 16.6. The van der Waals surface area contributed by atoms with Crippen LogP contribution in [0.15, 0.2) is 0 Å². The van der Waals surface area contributed by atoms with Crippen LogP contribution in [0.5, 0.6) is 0 Å². The molecule has 130 valence electrons. The van der Waals surface area contributed by atoms with Crippen molar-refractivity contribution in [3.63, 3.8) is 0 Å². The minimum Gasteiger partial charge on any atom is -0.464 e. The minimum atomic E-state index is -0.597. The van der Waals surface area contributed by atoms with Gasteiger partial charge < -0.3 is 9.47 Å². The normalized spacial score (nSPS) is 12.1. The Kier molecular flexibility index (Phi) is 11.6. The first kappa shape index (κ1) is 20.7. The van der Waals surface area contributed by atoms with Gasteiger partial charge in [-0.3, -0.25) is 4.90 Å². The largest absolute Gasteiger partial charge is 0.464 e. The van der Waals surface area contributed by atoms with Crippen molar-refractivity contribution in [3.8, 4) is 0 Å². The highest BCUT2D eigenvalue weighted by Crippen LogP contribution is 2.13. The molecule has 22 heavy (non-hydrogen) atoms. The molecule has 0 saturated carbocycles. The third-order valence-corrected chi connectivity index (χ3v) is 3.54. The maximum Gasteiger partial charge on any atom is 0.410 e. The van der Waals surface area contributed by atoms with Crippen molar-refractivity contribution in [1.29, 1.82) is 0 Å². The van der Waals surface area contributed by atoms with Crippen LogP contribution in [-0.4, -0.2) is 43.3 Å². The molecule has 1 atom stereocenters. The number of hydrogen-bond acceptors (Lipinski definition) is 4. The van der Waals surface area contributed by atoms with Gasteiger partial charge >= 0.3 is 12.1 Å². The van der Waals surface area contributed by atoms with Crippen LogP contribution >= 0.6 is 0 Å². The number of likely N-dealkylation sites (N-methyl/N-ethyl adjacent to an activating group) is 1. The summed E-state index contributed by atoms with van der Waals surface area (Å²) in [4.78, 5) is 25.6. The van der Waals surface area contributed by atoms with Crippen molar-refractivity contribution in [1.82, 2.24) is 4.90 Å². The van der Waals surface area contributed by atoms with E-state index in [9.17, 15) is 9.59 Å². The predicted octanol–water partition coefficient (Wildman–Crippen LogP) is 4.00. The van der Waals surface area contributed by atoms with Gasteiger partial charge in [-0.05, 0) is 18.8 Å². The summed E-state index contributed by atoms with van der Waals surface area (Å²) in [7, 11) is 1.59. The van der Waals surface area contributed by atoms with Crippen LogP contribution < -0.4 is 0 Å². The molecule has 0 aliphatic carbocycles. The zero-order valence-electron chi connectivity index (χ0n) is 14.9. The topological polar surface area (TPSA) is 55.8 Å². The fourth-order valence-electron chi connectivity index (χ4n) is 2.18. The average molecular weight is 315 g/mol. The number of nitrogens with zero attached hydrogens (tertiary/aromatic N) is 1. The number of rotatable bonds is 11. The number of ether oxygens (including phenoxy) is 2. The zero-order valence-corrected chi connectivity index (χ0v) is 14.9. The molecule has 0 N–H and O–H groups in total. The van der Waals surface area contributed by atoms with Gasteiger partial charge in [0.15, 0.2) is 0 Å². The lowest BCUT2D eigenvalue weighted by atomic mass is 10.0. The lowest BCUT2D eigenvalue weighted by Gasteiger charge is -2.28. The Hall–Kier alpha value is -1.26. The maximum absolute atomic E-state index is 12.2. The Morgan fingerprint density at radius 3 is 2.05 bits per heavy atom. The molecule has 0 rings (SSSR count). The van der Waals surface area contributed by atoms with E-state index in [-0.39, 0.29) is 11.9 Å². The predicted molar refractivity (Wildman–Crippen MR) is 87.7 cm³/mol. The second kappa shape index (κ2) is 12.3. The first-order valence-corrected chi connectivity index (χ1v) is 8.51. The average Bonchev–Trinajstić information content (AvgIpc) is 2.46. The third kappa shape index (κ3) is 8.25. The number of esters is 1. The summed E-state index contributed by atoms with van der Waals surface area (Å²) >= 11 is 0. The van der Waals surface area contributed by atoms with Crippen LogP contribution in [0.2, 0.25) is 0 Å². The molecular formula is C17H33NO4. The van der Waals surface area contributed by atoms with Gasteiger partial charge in [0.1, 0.15) is 6.04 Å². The van der Waals surface area contributed by atoms with Crippen LogP contribution in [0.25, 0.3) is 0 Å². The summed E-state index contributed by atoms with van der Waals surface area (Å²) in [5.41, 5.74) is 0. The van der Waals surface area contributed by atoms with E-state index in [1.165, 1.54) is 4.90 Å². The van der Waals surface area contributed by atoms with Gasteiger partial charge in [0.25, 0.3) is 0 Å². The molecule has 0 heterocycles. The second-order valence-electron chi connectivity index (χ2n) is 6.00. The molecule has 5 heteroatoms. The number of carbonyl (C=O) groups excluding carboxylic acids is 2. The van der Waals surface area contributed by atoms with Gasteiger partial charge in [0.05, 0.1) is 13.2 Å². The van der Waals surface area contributed by atoms with E-state index in [0.717, 1.165) is 38.5 Å². The van der Waals surface area contributed by atoms with Gasteiger partial charge in [0.2, 0.25) is 0 Å². The summed E-state index contributed by atoms with van der Waals surface area (Å²) in [6.45, 7) is 8.78. The van der Waals surface area contributed by atoms with Crippen LogP contribution in [-0.2, 0) is 14.3 Å². The maximum atomic E-state index is 12.2. The molecule has 5 nitrogen and oxygen atoms in total. The molecule has 0 fully saturated rings. The Balaban J connectivity index is 4.37. The fraction of sp³-hybridized carbons (Fsp3) is 0.882. The van der Waals surface area contributed by atoms with Crippen molar-refractivity contribution in [2.24, 2.45) is 5.92 Å². The highest BCUT2D eigenvalue weighted by Gasteiger charge is 2.31. The van der Waals surface area contributed by atoms with E-state index in [4.69, 9.17) is 9.47 Å². The standard InChI is InChI=1S/C17H33NO4/c1-6-8-10-11-13-21-16(19)15(14(3)4)18(5)17(20)22-12-9-7-2/h14-15H,6-13H2,1-5H3. The molecule has 1 unspecified atom stereocenters. The quantitative estimate of drug-likeness (QED) is 0.427. The monoisotopic (exact) mass is 315 g/mol. The SMILES string of the molecule is CCCCCCOC(=O)C(C(C)C)N(C)C(=O)OCCCC. The summed E-state index contributed by atoms with van der Waals surface area (Å²) in [6, 6.07) is -0.597. The summed E-state index contributed by atoms with van der Waals surface area (Å²) < 4.78 is 10.5. The summed E-state index contributed by atoms with van der Waals surface area (Å²) in [5.74, 6) is -0.367. The molecule has 0 aromatic heterocycles. The van der Waals surface area contributed by atoms with Crippen LogP contribution in [0, 0.1) is 5.92 Å². The van der Waals surface area contributed by atoms with E-state index in [1.54, 1.807) is 7.05 Å². The Morgan fingerprint density at radius 2 is 1.50 bits per heavy atom. The number of carbonyl (C=O) groups is 2. The van der Waals surface area contributed by atoms with Gasteiger partial charge in [-0.2, -0.15) is 0 Å². The molecular weight excluding hydrogens is 282 g/mol. The van der Waals surface area contributed by atoms with Crippen molar-refractivity contribution in [2.75, 3.05) is 20.3 Å². The molecule has 0 radical (unpaired) electrons. The van der Waals surface area contributed by atoms with E-state index in [0.29, 0.717) is 13.2 Å². The lowest BCUT2D eigenvalue weighted by Crippen LogP contribution is -2.46. The number of amides is 1. The third-order valence-electron chi connectivity index (χ3n) is 3.54. The van der Waals surface area contributed by atoms with Crippen LogP contribution in [0.4, 0.5) is 4.79 Å². The van der Waals surface area contributed by atoms with E-state index in [1.807, 2.05) is 20.8 Å². The first-order valence-electron chi connectivity index (χ1n) is 8.51. The molecule has 0 aromatic rings. The number of unbranched alkanes of at least 4 members (excludes halogenated alkanes) is 4. The second-order valence-corrected chi connectivity index (χ2v) is 6.00. The van der Waals surface area contributed by atoms with Crippen LogP contribution in [0.1, 0.15) is 66.2 Å². The Morgan fingerprint density at radius 1 is 0.909 bits per heavy atom. The van der Waals surface area contributed by atoms with Crippen molar-refractivity contribution in [3.05, 3.63) is 0 Å². The molecule has 0 spiro atoms. The van der Waals surface area contributed by atoms with Crippen molar-refractivity contribution >= 4 is 12.1 Å². The van der Waals surface area contributed by atoms with Gasteiger partial charge in [-0.15, -0.1) is 0 Å². The first-order chi connectivity index (χ1) is 10.5. The van der Waals surface area contributed by atoms with E-state index in [2.05, 4.69) is 6.92 Å².